The third-order valence-electron chi connectivity index (χ3n) is 4.42. The van der Waals surface area contributed by atoms with Gasteiger partial charge in [0.1, 0.15) is 11.6 Å². The first-order chi connectivity index (χ1) is 13.8. The lowest BCUT2D eigenvalue weighted by molar-refractivity contribution is -0.123. The predicted molar refractivity (Wildman–Crippen MR) is 113 cm³/mol. The average molecular weight is 393 g/mol. The molecule has 1 heterocycles. The number of H-pyrrole nitrogens is 1. The minimum absolute atomic E-state index is 0.259. The predicted octanol–water partition coefficient (Wildman–Crippen LogP) is 3.92. The summed E-state index contributed by atoms with van der Waals surface area (Å²) in [6, 6.07) is 16.8. The second-order valence-corrected chi connectivity index (χ2v) is 7.97. The Morgan fingerprint density at radius 3 is 2.45 bits per heavy atom. The number of hydrogen-bond acceptors (Lipinski definition) is 3. The number of carbonyl (C=O) groups is 2. The van der Waals surface area contributed by atoms with Gasteiger partial charge in [0.2, 0.25) is 5.91 Å². The van der Waals surface area contributed by atoms with Crippen LogP contribution in [-0.2, 0) is 22.5 Å². The van der Waals surface area contributed by atoms with Crippen molar-refractivity contribution < 1.29 is 14.3 Å². The Kier molecular flexibility index (Phi) is 6.22. The van der Waals surface area contributed by atoms with Crippen LogP contribution in [0.5, 0.6) is 0 Å². The molecule has 0 spiro atoms. The molecule has 0 saturated heterocycles. The van der Waals surface area contributed by atoms with Crippen LogP contribution >= 0.6 is 0 Å². The lowest BCUT2D eigenvalue weighted by atomic mass is 10.1. The summed E-state index contributed by atoms with van der Waals surface area (Å²) in [5, 5.41) is 6.71. The molecule has 29 heavy (non-hydrogen) atoms. The van der Waals surface area contributed by atoms with E-state index in [-0.39, 0.29) is 5.91 Å². The maximum Gasteiger partial charge on any atom is 0.408 e. The number of alkyl carbamates (subject to hydrolysis) is 1. The van der Waals surface area contributed by atoms with Gasteiger partial charge in [-0.1, -0.05) is 48.5 Å². The van der Waals surface area contributed by atoms with E-state index in [1.807, 2.05) is 60.8 Å². The van der Waals surface area contributed by atoms with Crippen LogP contribution in [0, 0.1) is 0 Å². The third kappa shape index (κ3) is 5.85. The normalized spacial score (nSPS) is 12.4. The van der Waals surface area contributed by atoms with Gasteiger partial charge in [-0.3, -0.25) is 4.79 Å². The van der Waals surface area contributed by atoms with Crippen molar-refractivity contribution in [2.24, 2.45) is 0 Å². The molecule has 0 saturated carbocycles. The lowest BCUT2D eigenvalue weighted by Gasteiger charge is -2.23. The Bertz CT molecular complexity index is 974. The van der Waals surface area contributed by atoms with Gasteiger partial charge >= 0.3 is 6.09 Å². The van der Waals surface area contributed by atoms with Crippen molar-refractivity contribution in [1.29, 1.82) is 0 Å². The molecule has 0 aliphatic rings. The smallest absolute Gasteiger partial charge is 0.408 e. The number of hydrogen-bond donors (Lipinski definition) is 3. The molecule has 0 aliphatic heterocycles. The number of rotatable bonds is 6. The van der Waals surface area contributed by atoms with Crippen molar-refractivity contribution in [3.63, 3.8) is 0 Å². The highest BCUT2D eigenvalue weighted by Crippen LogP contribution is 2.17. The molecule has 2 amide bonds. The Morgan fingerprint density at radius 1 is 1.03 bits per heavy atom. The first-order valence-corrected chi connectivity index (χ1v) is 9.68. The number of amides is 2. The van der Waals surface area contributed by atoms with Crippen molar-refractivity contribution in [3.05, 3.63) is 71.9 Å². The maximum absolute atomic E-state index is 12.9. The molecule has 1 atom stereocenters. The van der Waals surface area contributed by atoms with Gasteiger partial charge in [-0.25, -0.2) is 4.79 Å². The molecule has 1 unspecified atom stereocenters. The van der Waals surface area contributed by atoms with Gasteiger partial charge in [-0.2, -0.15) is 0 Å². The maximum atomic E-state index is 12.9. The largest absolute Gasteiger partial charge is 0.444 e. The summed E-state index contributed by atoms with van der Waals surface area (Å²) in [5.74, 6) is -0.259. The van der Waals surface area contributed by atoms with E-state index < -0.39 is 17.7 Å². The van der Waals surface area contributed by atoms with Gasteiger partial charge < -0.3 is 20.4 Å². The molecule has 0 aliphatic carbocycles. The van der Waals surface area contributed by atoms with Gasteiger partial charge in [0.25, 0.3) is 0 Å². The summed E-state index contributed by atoms with van der Waals surface area (Å²) in [6.45, 7) is 5.73. The van der Waals surface area contributed by atoms with Crippen molar-refractivity contribution >= 4 is 22.9 Å². The quantitative estimate of drug-likeness (QED) is 0.594. The molecule has 6 nitrogen and oxygen atoms in total. The average Bonchev–Trinajstić information content (AvgIpc) is 3.08. The van der Waals surface area contributed by atoms with Crippen LogP contribution in [0.1, 0.15) is 31.9 Å². The molecule has 0 bridgehead atoms. The van der Waals surface area contributed by atoms with E-state index in [1.54, 1.807) is 20.8 Å². The first-order valence-electron chi connectivity index (χ1n) is 9.68. The number of aromatic nitrogens is 1. The van der Waals surface area contributed by atoms with Gasteiger partial charge in [0.15, 0.2) is 0 Å². The number of para-hydroxylation sites is 1. The van der Waals surface area contributed by atoms with E-state index in [1.165, 1.54) is 0 Å². The highest BCUT2D eigenvalue weighted by molar-refractivity contribution is 5.87. The van der Waals surface area contributed by atoms with Crippen molar-refractivity contribution in [1.82, 2.24) is 15.6 Å². The molecule has 3 aromatic rings. The lowest BCUT2D eigenvalue weighted by Crippen LogP contribution is -2.49. The Labute approximate surface area is 170 Å². The number of aromatic amines is 1. The van der Waals surface area contributed by atoms with Gasteiger partial charge in [-0.15, -0.1) is 0 Å². The van der Waals surface area contributed by atoms with E-state index in [4.69, 9.17) is 4.74 Å². The Morgan fingerprint density at radius 2 is 1.72 bits per heavy atom. The SMILES string of the molecule is CC(C)(C)OC(=O)NC(Cc1ccccc1)C(=O)NCc1c[nH]c2ccccc12. The molecular formula is C23H27N3O3. The molecule has 152 valence electrons. The molecule has 0 radical (unpaired) electrons. The van der Waals surface area contributed by atoms with Crippen LogP contribution in [-0.4, -0.2) is 28.6 Å². The molecule has 3 rings (SSSR count). The third-order valence-corrected chi connectivity index (χ3v) is 4.42. The van der Waals surface area contributed by atoms with Crippen LogP contribution in [0.25, 0.3) is 10.9 Å². The van der Waals surface area contributed by atoms with E-state index in [0.29, 0.717) is 13.0 Å². The second kappa shape index (κ2) is 8.82. The Balaban J connectivity index is 1.69. The monoisotopic (exact) mass is 393 g/mol. The van der Waals surface area contributed by atoms with Crippen LogP contribution < -0.4 is 10.6 Å². The number of benzene rings is 2. The minimum Gasteiger partial charge on any atom is -0.444 e. The van der Waals surface area contributed by atoms with Crippen LogP contribution in [0.3, 0.4) is 0 Å². The fourth-order valence-corrected chi connectivity index (χ4v) is 3.09. The topological polar surface area (TPSA) is 83.2 Å². The summed E-state index contributed by atoms with van der Waals surface area (Å²) in [5.41, 5.74) is 2.33. The van der Waals surface area contributed by atoms with Crippen LogP contribution in [0.4, 0.5) is 4.79 Å². The fraction of sp³-hybridized carbons (Fsp3) is 0.304. The summed E-state index contributed by atoms with van der Waals surface area (Å²) in [7, 11) is 0. The molecule has 1 aromatic heterocycles. The first kappa shape index (κ1) is 20.5. The van der Waals surface area contributed by atoms with Gasteiger partial charge in [0.05, 0.1) is 0 Å². The summed E-state index contributed by atoms with van der Waals surface area (Å²) >= 11 is 0. The van der Waals surface area contributed by atoms with Crippen molar-refractivity contribution in [3.8, 4) is 0 Å². The number of carbonyl (C=O) groups excluding carboxylic acids is 2. The summed E-state index contributed by atoms with van der Waals surface area (Å²) in [6.07, 6.45) is 1.65. The van der Waals surface area contributed by atoms with E-state index in [2.05, 4.69) is 15.6 Å². The van der Waals surface area contributed by atoms with Crippen molar-refractivity contribution in [2.45, 2.75) is 45.4 Å². The zero-order valence-corrected chi connectivity index (χ0v) is 17.0. The van der Waals surface area contributed by atoms with E-state index in [0.717, 1.165) is 22.0 Å². The van der Waals surface area contributed by atoms with Gasteiger partial charge in [0, 0.05) is 30.1 Å². The number of fused-ring (bicyclic) bond motifs is 1. The highest BCUT2D eigenvalue weighted by atomic mass is 16.6. The van der Waals surface area contributed by atoms with Crippen LogP contribution in [0.2, 0.25) is 0 Å². The number of nitrogens with one attached hydrogen (secondary N) is 3. The van der Waals surface area contributed by atoms with Crippen LogP contribution in [0.15, 0.2) is 60.8 Å². The fourth-order valence-electron chi connectivity index (χ4n) is 3.09. The molecular weight excluding hydrogens is 366 g/mol. The van der Waals surface area contributed by atoms with E-state index in [9.17, 15) is 9.59 Å². The molecule has 6 heteroatoms. The zero-order valence-electron chi connectivity index (χ0n) is 17.0. The van der Waals surface area contributed by atoms with Crippen molar-refractivity contribution in [2.75, 3.05) is 0 Å². The summed E-state index contributed by atoms with van der Waals surface area (Å²) in [4.78, 5) is 28.3. The van der Waals surface area contributed by atoms with E-state index >= 15 is 0 Å². The molecule has 0 fully saturated rings. The summed E-state index contributed by atoms with van der Waals surface area (Å²) < 4.78 is 5.33. The zero-order chi connectivity index (χ0) is 20.9. The second-order valence-electron chi connectivity index (χ2n) is 7.97. The van der Waals surface area contributed by atoms with Gasteiger partial charge in [-0.05, 0) is 38.0 Å². The number of ether oxygens (including phenoxy) is 1. The molecule has 3 N–H and O–H groups in total. The minimum atomic E-state index is -0.738. The highest BCUT2D eigenvalue weighted by Gasteiger charge is 2.24. The molecule has 2 aromatic carbocycles. The standard InChI is InChI=1S/C23H27N3O3/c1-23(2,3)29-22(28)26-20(13-16-9-5-4-6-10-16)21(27)25-15-17-14-24-19-12-8-7-11-18(17)19/h4-12,14,20,24H,13,15H2,1-3H3,(H,25,27)(H,26,28). The Hall–Kier alpha value is -3.28.